The first-order valence-corrected chi connectivity index (χ1v) is 9.91. The van der Waals surface area contributed by atoms with Crippen LogP contribution in [0.2, 0.25) is 0 Å². The Kier molecular flexibility index (Phi) is 4.57. The van der Waals surface area contributed by atoms with Crippen molar-refractivity contribution in [2.75, 3.05) is 7.05 Å². The van der Waals surface area contributed by atoms with E-state index in [0.717, 1.165) is 31.2 Å². The second-order valence-corrected chi connectivity index (χ2v) is 8.72. The Labute approximate surface area is 142 Å². The molecular formula is C17H25N3O3S. The van der Waals surface area contributed by atoms with E-state index in [0.29, 0.717) is 5.52 Å². The highest BCUT2D eigenvalue weighted by Crippen LogP contribution is 2.27. The van der Waals surface area contributed by atoms with Crippen molar-refractivity contribution >= 4 is 21.1 Å². The highest BCUT2D eigenvalue weighted by Gasteiger charge is 2.29. The van der Waals surface area contributed by atoms with E-state index in [-0.39, 0.29) is 16.6 Å². The van der Waals surface area contributed by atoms with Gasteiger partial charge in [-0.2, -0.15) is 4.31 Å². The Bertz CT molecular complexity index is 903. The lowest BCUT2D eigenvalue weighted by atomic mass is 10.1. The largest absolute Gasteiger partial charge is 0.328 e. The van der Waals surface area contributed by atoms with Crippen LogP contribution in [0.5, 0.6) is 0 Å². The second kappa shape index (κ2) is 6.37. The van der Waals surface area contributed by atoms with Gasteiger partial charge in [-0.25, -0.2) is 13.2 Å². The second-order valence-electron chi connectivity index (χ2n) is 6.72. The summed E-state index contributed by atoms with van der Waals surface area (Å²) in [5, 5.41) is 0. The average molecular weight is 351 g/mol. The number of nitrogens with zero attached hydrogens (tertiary/aromatic N) is 3. The van der Waals surface area contributed by atoms with E-state index >= 15 is 0 Å². The molecule has 1 aliphatic carbocycles. The number of aromatic nitrogens is 2. The van der Waals surface area contributed by atoms with E-state index in [2.05, 4.69) is 0 Å². The first-order chi connectivity index (χ1) is 11.3. The lowest BCUT2D eigenvalue weighted by Gasteiger charge is -2.26. The summed E-state index contributed by atoms with van der Waals surface area (Å²) in [4.78, 5) is 12.3. The standard InChI is InChI=1S/C17H25N3O3S/c1-18-15-11-10-14(12-16(15)19(2)17(18)21)24(22,23)20(3)13-8-6-4-5-7-9-13/h10-13H,4-9H2,1-3H3. The highest BCUT2D eigenvalue weighted by molar-refractivity contribution is 7.89. The van der Waals surface area contributed by atoms with E-state index in [1.807, 2.05) is 0 Å². The molecule has 1 fully saturated rings. The third-order valence-electron chi connectivity index (χ3n) is 5.26. The molecule has 2 aromatic rings. The molecule has 24 heavy (non-hydrogen) atoms. The summed E-state index contributed by atoms with van der Waals surface area (Å²) in [5.74, 6) is 0. The van der Waals surface area contributed by atoms with Gasteiger partial charge in [-0.1, -0.05) is 25.7 Å². The Morgan fingerprint density at radius 3 is 2.21 bits per heavy atom. The summed E-state index contributed by atoms with van der Waals surface area (Å²) in [6.45, 7) is 0. The molecule has 0 amide bonds. The molecule has 0 saturated heterocycles. The van der Waals surface area contributed by atoms with E-state index in [4.69, 9.17) is 0 Å². The number of hydrogen-bond donors (Lipinski definition) is 0. The SMILES string of the molecule is CN(C1CCCCCC1)S(=O)(=O)c1ccc2c(c1)n(C)c(=O)n2C. The molecule has 0 aliphatic heterocycles. The maximum Gasteiger partial charge on any atom is 0.328 e. The number of sulfonamides is 1. The Hall–Kier alpha value is -1.60. The van der Waals surface area contributed by atoms with Crippen LogP contribution in [0.1, 0.15) is 38.5 Å². The molecule has 0 radical (unpaired) electrons. The molecule has 0 N–H and O–H groups in total. The Morgan fingerprint density at radius 2 is 1.58 bits per heavy atom. The van der Waals surface area contributed by atoms with Crippen molar-refractivity contribution in [1.29, 1.82) is 0 Å². The van der Waals surface area contributed by atoms with Crippen molar-refractivity contribution in [1.82, 2.24) is 13.4 Å². The minimum Gasteiger partial charge on any atom is -0.295 e. The molecule has 0 atom stereocenters. The van der Waals surface area contributed by atoms with Crippen LogP contribution in [-0.2, 0) is 24.1 Å². The zero-order chi connectivity index (χ0) is 17.5. The van der Waals surface area contributed by atoms with Gasteiger partial charge in [-0.05, 0) is 31.0 Å². The fourth-order valence-corrected chi connectivity index (χ4v) is 5.07. The average Bonchev–Trinajstić information content (AvgIpc) is 2.80. The monoisotopic (exact) mass is 351 g/mol. The van der Waals surface area contributed by atoms with E-state index < -0.39 is 10.0 Å². The maximum atomic E-state index is 13.0. The minimum atomic E-state index is -3.56. The normalized spacial score (nSPS) is 17.5. The molecule has 7 heteroatoms. The van der Waals surface area contributed by atoms with Gasteiger partial charge in [0.05, 0.1) is 15.9 Å². The summed E-state index contributed by atoms with van der Waals surface area (Å²) >= 11 is 0. The molecule has 1 saturated carbocycles. The van der Waals surface area contributed by atoms with E-state index in [9.17, 15) is 13.2 Å². The van der Waals surface area contributed by atoms with Crippen LogP contribution >= 0.6 is 0 Å². The zero-order valence-electron chi connectivity index (χ0n) is 14.5. The van der Waals surface area contributed by atoms with Crippen LogP contribution in [0.3, 0.4) is 0 Å². The van der Waals surface area contributed by atoms with E-state index in [1.54, 1.807) is 39.3 Å². The van der Waals surface area contributed by atoms with Crippen LogP contribution in [0, 0.1) is 0 Å². The smallest absolute Gasteiger partial charge is 0.295 e. The first kappa shape index (κ1) is 17.2. The van der Waals surface area contributed by atoms with Crippen LogP contribution in [0.15, 0.2) is 27.9 Å². The van der Waals surface area contributed by atoms with Gasteiger partial charge in [0, 0.05) is 27.2 Å². The van der Waals surface area contributed by atoms with Crippen molar-refractivity contribution in [3.63, 3.8) is 0 Å². The lowest BCUT2D eigenvalue weighted by Crippen LogP contribution is -2.36. The zero-order valence-corrected chi connectivity index (χ0v) is 15.3. The van der Waals surface area contributed by atoms with Gasteiger partial charge in [-0.15, -0.1) is 0 Å². The van der Waals surface area contributed by atoms with Crippen molar-refractivity contribution in [3.05, 3.63) is 28.7 Å². The number of imidazole rings is 1. The minimum absolute atomic E-state index is 0.0628. The summed E-state index contributed by atoms with van der Waals surface area (Å²) in [7, 11) is 1.48. The number of rotatable bonds is 3. The quantitative estimate of drug-likeness (QED) is 0.797. The van der Waals surface area contributed by atoms with Crippen LogP contribution in [-0.4, -0.2) is 34.9 Å². The summed E-state index contributed by atoms with van der Waals surface area (Å²) in [6, 6.07) is 4.99. The van der Waals surface area contributed by atoms with Gasteiger partial charge >= 0.3 is 5.69 Å². The fraction of sp³-hybridized carbons (Fsp3) is 0.588. The summed E-state index contributed by atoms with van der Waals surface area (Å²) in [5.41, 5.74) is 1.22. The van der Waals surface area contributed by atoms with Crippen molar-refractivity contribution in [2.45, 2.75) is 49.5 Å². The molecule has 0 unspecified atom stereocenters. The van der Waals surface area contributed by atoms with E-state index in [1.165, 1.54) is 26.3 Å². The van der Waals surface area contributed by atoms with Crippen LogP contribution < -0.4 is 5.69 Å². The fourth-order valence-electron chi connectivity index (χ4n) is 3.63. The van der Waals surface area contributed by atoms with Gasteiger partial charge in [0.15, 0.2) is 0 Å². The van der Waals surface area contributed by atoms with Gasteiger partial charge in [0.25, 0.3) is 0 Å². The molecule has 1 aromatic heterocycles. The Morgan fingerprint density at radius 1 is 1.00 bits per heavy atom. The highest BCUT2D eigenvalue weighted by atomic mass is 32.2. The number of hydrogen-bond acceptors (Lipinski definition) is 3. The van der Waals surface area contributed by atoms with Crippen molar-refractivity contribution in [3.8, 4) is 0 Å². The number of aryl methyl sites for hydroxylation is 2. The molecule has 0 spiro atoms. The molecule has 6 nitrogen and oxygen atoms in total. The third-order valence-corrected chi connectivity index (χ3v) is 7.17. The summed E-state index contributed by atoms with van der Waals surface area (Å²) < 4.78 is 30.6. The van der Waals surface area contributed by atoms with Gasteiger partial charge in [-0.3, -0.25) is 9.13 Å². The van der Waals surface area contributed by atoms with Gasteiger partial charge in [0.2, 0.25) is 10.0 Å². The molecule has 1 aliphatic rings. The van der Waals surface area contributed by atoms with Crippen LogP contribution in [0.25, 0.3) is 11.0 Å². The van der Waals surface area contributed by atoms with Crippen molar-refractivity contribution in [2.24, 2.45) is 14.1 Å². The van der Waals surface area contributed by atoms with Crippen LogP contribution in [0.4, 0.5) is 0 Å². The first-order valence-electron chi connectivity index (χ1n) is 8.47. The molecule has 132 valence electrons. The van der Waals surface area contributed by atoms with Gasteiger partial charge in [0.1, 0.15) is 0 Å². The summed E-state index contributed by atoms with van der Waals surface area (Å²) in [6.07, 6.45) is 6.36. The maximum absolute atomic E-state index is 13.0. The van der Waals surface area contributed by atoms with Crippen molar-refractivity contribution < 1.29 is 8.42 Å². The molecule has 1 heterocycles. The predicted octanol–water partition coefficient (Wildman–Crippen LogP) is 2.22. The number of benzene rings is 1. The molecule has 1 aromatic carbocycles. The Balaban J connectivity index is 2.01. The molecular weight excluding hydrogens is 326 g/mol. The number of fused-ring (bicyclic) bond motifs is 1. The van der Waals surface area contributed by atoms with Gasteiger partial charge < -0.3 is 0 Å². The predicted molar refractivity (Wildman–Crippen MR) is 94.6 cm³/mol. The third kappa shape index (κ3) is 2.80. The lowest BCUT2D eigenvalue weighted by molar-refractivity contribution is 0.336. The topological polar surface area (TPSA) is 64.3 Å². The molecule has 0 bridgehead atoms. The molecule has 3 rings (SSSR count).